The van der Waals surface area contributed by atoms with Crippen LogP contribution in [-0.4, -0.2) is 172 Å². The van der Waals surface area contributed by atoms with E-state index >= 15 is 9.59 Å². The van der Waals surface area contributed by atoms with Crippen molar-refractivity contribution in [1.29, 1.82) is 0 Å². The lowest BCUT2D eigenvalue weighted by molar-refractivity contribution is -0.272. The van der Waals surface area contributed by atoms with Crippen LogP contribution in [0.5, 0.6) is 5.75 Å². The minimum absolute atomic E-state index is 0.00733. The van der Waals surface area contributed by atoms with E-state index in [0.717, 1.165) is 56.7 Å². The Balaban J connectivity index is 1.04. The summed E-state index contributed by atoms with van der Waals surface area (Å²) in [5.74, 6) is -8.29. The smallest absolute Gasteiger partial charge is 0.358 e. The summed E-state index contributed by atoms with van der Waals surface area (Å²) in [7, 11) is 2.94. The molecule has 0 spiro atoms. The average molecular weight is 1420 g/mol. The first-order valence-electron chi connectivity index (χ1n) is 29.3. The van der Waals surface area contributed by atoms with Crippen molar-refractivity contribution in [2.45, 2.75) is 108 Å². The van der Waals surface area contributed by atoms with Gasteiger partial charge in [0.2, 0.25) is 5.91 Å². The second-order valence-electron chi connectivity index (χ2n) is 22.7. The van der Waals surface area contributed by atoms with Crippen LogP contribution < -0.4 is 37.6 Å². The van der Waals surface area contributed by atoms with Gasteiger partial charge >= 0.3 is 11.9 Å². The van der Waals surface area contributed by atoms with E-state index in [0.29, 0.717) is 10.3 Å². The molecule has 4 aliphatic rings. The molecule has 97 heavy (non-hydrogen) atoms. The van der Waals surface area contributed by atoms with E-state index in [-0.39, 0.29) is 105 Å². The number of nitrogens with zero attached hydrogens (tertiary/aromatic N) is 7. The number of thiazole rings is 5. The molecule has 4 aliphatic heterocycles. The van der Waals surface area contributed by atoms with E-state index in [1.54, 1.807) is 33.0 Å². The number of aromatic nitrogens is 7. The van der Waals surface area contributed by atoms with Gasteiger partial charge in [-0.25, -0.2) is 39.5 Å². The number of fused-ring (bicyclic) bond motifs is 15. The second kappa shape index (κ2) is 27.2. The molecule has 1 aromatic carbocycles. The maximum Gasteiger partial charge on any atom is 0.358 e. The third-order valence-electron chi connectivity index (χ3n) is 16.1. The average Bonchev–Trinajstić information content (AvgIpc) is 1.61. The lowest BCUT2D eigenvalue weighted by Crippen LogP contribution is -2.61. The number of nitrogens with one attached hydrogen (secondary N) is 6. The fraction of sp³-hybridized carbons (Fsp3) is 0.333. The van der Waals surface area contributed by atoms with Crippen LogP contribution in [0.2, 0.25) is 0 Å². The van der Waals surface area contributed by atoms with Crippen LogP contribution in [-0.2, 0) is 56.0 Å². The number of esters is 2. The molecule has 0 radical (unpaired) electrons. The largest absolute Gasteiger partial charge is 0.506 e. The second-order valence-corrected chi connectivity index (χ2v) is 27.0. The highest BCUT2D eigenvalue weighted by molar-refractivity contribution is 7.14. The summed E-state index contributed by atoms with van der Waals surface area (Å²) in [6.45, 7) is 7.61. The fourth-order valence-corrected chi connectivity index (χ4v) is 15.5. The molecule has 0 aliphatic carbocycles. The molecule has 32 nitrogen and oxygen atoms in total. The van der Waals surface area contributed by atoms with Gasteiger partial charge in [0.1, 0.15) is 120 Å². The van der Waals surface area contributed by atoms with Gasteiger partial charge in [-0.3, -0.25) is 28.8 Å². The number of amides is 6. The highest BCUT2D eigenvalue weighted by Crippen LogP contribution is 2.43. The number of hydrogen-bond donors (Lipinski definition) is 11. The molecule has 10 unspecified atom stereocenters. The highest BCUT2D eigenvalue weighted by atomic mass is 32.1. The van der Waals surface area contributed by atoms with Gasteiger partial charge in [-0.2, -0.15) is 4.73 Å². The van der Waals surface area contributed by atoms with Gasteiger partial charge < -0.3 is 86.6 Å². The zero-order valence-electron chi connectivity index (χ0n) is 51.7. The van der Waals surface area contributed by atoms with Crippen molar-refractivity contribution in [2.75, 3.05) is 20.8 Å². The third-order valence-corrected chi connectivity index (χ3v) is 20.6. The summed E-state index contributed by atoms with van der Waals surface area (Å²) in [6, 6.07) is 0.568. The number of ether oxygens (including phenoxy) is 6. The number of aromatic hydroxyl groups is 1. The Bertz CT molecular complexity index is 4570. The number of pyridine rings is 1. The molecule has 506 valence electrons. The SMILES string of the molecule is C=C(NC(=O)c1csc(-c2nc3c(cc2O)-c2nc(cs2)C(=O)NC(C(C)O)C(=O)NC(=C(C)OC)c2nc(cs2)C(=O)NC2c4nc(cs4)C(=O)NC(COC(=O)c4c5c6c(cccc6n4O)COC(=O)C(OC4CC(C)(O)C(NC)C(C)O4)C2OC5)c2nc-3cs2)n1)C(N)=O. The van der Waals surface area contributed by atoms with Crippen molar-refractivity contribution in [1.82, 2.24) is 66.5 Å². The van der Waals surface area contributed by atoms with Gasteiger partial charge in [-0.1, -0.05) is 18.7 Å². The lowest BCUT2D eigenvalue weighted by Gasteiger charge is -2.45. The summed E-state index contributed by atoms with van der Waals surface area (Å²) in [5.41, 5.74) is 1.97. The van der Waals surface area contributed by atoms with E-state index < -0.39 is 145 Å². The third kappa shape index (κ3) is 13.3. The number of cyclic esters (lactones) is 2. The number of methoxy groups -OCH3 is 1. The van der Waals surface area contributed by atoms with E-state index in [1.807, 2.05) is 0 Å². The van der Waals surface area contributed by atoms with Crippen LogP contribution in [0.3, 0.4) is 0 Å². The molecule has 12 rings (SSSR count). The van der Waals surface area contributed by atoms with Crippen molar-refractivity contribution in [2.24, 2.45) is 5.73 Å². The molecule has 1 fully saturated rings. The molecule has 0 saturated carbocycles. The number of carbonyl (C=O) groups is 8. The number of nitrogens with two attached hydrogens (primary N) is 1. The first-order chi connectivity index (χ1) is 46.3. The van der Waals surface area contributed by atoms with Crippen LogP contribution in [0.15, 0.2) is 69.2 Å². The van der Waals surface area contributed by atoms with Crippen molar-refractivity contribution < 1.29 is 87.3 Å². The number of benzene rings is 1. The lowest BCUT2D eigenvalue weighted by atomic mass is 9.86. The van der Waals surface area contributed by atoms with Gasteiger partial charge in [0.05, 0.1) is 48.8 Å². The number of aliphatic hydroxyl groups excluding tert-OH is 1. The Kier molecular flexibility index (Phi) is 18.9. The predicted molar refractivity (Wildman–Crippen MR) is 345 cm³/mol. The molecule has 12 bridgehead atoms. The molecule has 6 amide bonds. The molecule has 8 aromatic rings. The summed E-state index contributed by atoms with van der Waals surface area (Å²) in [5, 5.41) is 70.1. The van der Waals surface area contributed by atoms with Crippen LogP contribution in [0.1, 0.15) is 125 Å². The van der Waals surface area contributed by atoms with Crippen molar-refractivity contribution in [3.8, 4) is 38.4 Å². The number of rotatable bonds is 9. The molecule has 7 aromatic heterocycles. The molecule has 11 heterocycles. The fourth-order valence-electron chi connectivity index (χ4n) is 11.3. The van der Waals surface area contributed by atoms with Gasteiger partial charge in [0.25, 0.3) is 29.5 Å². The number of primary amides is 1. The topological polar surface area (TPSA) is 453 Å². The first kappa shape index (κ1) is 67.4. The van der Waals surface area contributed by atoms with Crippen LogP contribution in [0.25, 0.3) is 49.3 Å². The summed E-state index contributed by atoms with van der Waals surface area (Å²) >= 11 is 4.45. The van der Waals surface area contributed by atoms with Crippen molar-refractivity contribution in [3.05, 3.63) is 124 Å². The standard InChI is InChI=1S/C60H58N14O18S5/c1-21(47(61)77)63-48(78)30-18-96-56(68-30)41-35(76)11-26-40(70-41)29-16-94-54(65-29)28-15-90-58(83)43-27-14-88-44(45(92-36-12-60(5,85)46(62-6)24(4)91-36)59(84)89-13-25-9-8-10-34(37(25)27)74(43)86)42(57-69-31(19-97-57)49(79)64-28)73-51(81)33-20-95-55(67-33)39(23(3)87-7)72-52(82)38(22(2)75)71-50(80)32-17-93-53(26)66-32/h8-11,16-20,22,24,28,36,38,42,44-46,62,75-76,85-86H,1,12-15H2,2-7H3,(H2,61,77)(H,63,78)(H,64,79)(H,71,80)(H,72,82)(H,73,81). The van der Waals surface area contributed by atoms with E-state index in [9.17, 15) is 49.3 Å². The summed E-state index contributed by atoms with van der Waals surface area (Å²) in [4.78, 5) is 142. The number of hydrogen-bond acceptors (Lipinski definition) is 30. The summed E-state index contributed by atoms with van der Waals surface area (Å²) < 4.78 is 38.0. The molecular formula is C60H58N14O18S5. The highest BCUT2D eigenvalue weighted by Gasteiger charge is 2.49. The van der Waals surface area contributed by atoms with Gasteiger partial charge in [-0.15, -0.1) is 56.7 Å². The van der Waals surface area contributed by atoms with Crippen LogP contribution in [0.4, 0.5) is 0 Å². The van der Waals surface area contributed by atoms with Crippen LogP contribution in [0, 0.1) is 0 Å². The van der Waals surface area contributed by atoms with E-state index in [1.165, 1.54) is 60.0 Å². The monoisotopic (exact) mass is 1420 g/mol. The minimum Gasteiger partial charge on any atom is -0.506 e. The Morgan fingerprint density at radius 2 is 1.53 bits per heavy atom. The molecule has 37 heteroatoms. The number of likely N-dealkylation sites (N-methyl/N-ethyl adjacent to an activating group) is 1. The quantitative estimate of drug-likeness (QED) is 0.0426. The number of allylic oxidation sites excluding steroid dienone is 1. The van der Waals surface area contributed by atoms with Gasteiger partial charge in [-0.05, 0) is 52.4 Å². The van der Waals surface area contributed by atoms with E-state index in [2.05, 4.69) is 53.4 Å². The van der Waals surface area contributed by atoms with Crippen molar-refractivity contribution in [3.63, 3.8) is 0 Å². The Morgan fingerprint density at radius 1 is 0.856 bits per heavy atom. The Labute approximate surface area is 567 Å². The van der Waals surface area contributed by atoms with Gasteiger partial charge in [0.15, 0.2) is 18.1 Å². The van der Waals surface area contributed by atoms with Gasteiger partial charge in [0, 0.05) is 49.8 Å². The molecular weight excluding hydrogens is 1370 g/mol. The molecule has 10 atom stereocenters. The Hall–Kier alpha value is -9.54. The Morgan fingerprint density at radius 3 is 2.25 bits per heavy atom. The normalized spacial score (nSPS) is 24.1. The number of aliphatic hydroxyl groups is 2. The zero-order chi connectivity index (χ0) is 69.0. The maximum absolute atomic E-state index is 15.1. The minimum atomic E-state index is -1.92. The first-order valence-corrected chi connectivity index (χ1v) is 33.7. The maximum atomic E-state index is 15.1. The molecule has 1 saturated heterocycles. The molecule has 12 N–H and O–H groups in total. The predicted octanol–water partition coefficient (Wildman–Crippen LogP) is 3.55. The van der Waals surface area contributed by atoms with Crippen molar-refractivity contribution >= 4 is 121 Å². The number of carbonyl (C=O) groups excluding carboxylic acids is 8. The summed E-state index contributed by atoms with van der Waals surface area (Å²) in [6.07, 6.45) is -7.59. The van der Waals surface area contributed by atoms with E-state index in [4.69, 9.17) is 49.1 Å². The van der Waals surface area contributed by atoms with Crippen LogP contribution >= 0.6 is 56.7 Å². The zero-order valence-corrected chi connectivity index (χ0v) is 55.8.